The molecule has 0 radical (unpaired) electrons. The molecule has 0 atom stereocenters. The minimum Gasteiger partial charge on any atom is -0.353 e. The van der Waals surface area contributed by atoms with E-state index in [2.05, 4.69) is 50.7 Å². The van der Waals surface area contributed by atoms with Crippen LogP contribution in [0.25, 0.3) is 0 Å². The van der Waals surface area contributed by atoms with Gasteiger partial charge in [-0.05, 0) is 59.5 Å². The van der Waals surface area contributed by atoms with E-state index in [4.69, 9.17) is 0 Å². The summed E-state index contributed by atoms with van der Waals surface area (Å²) in [6, 6.07) is 4.03. The SMILES string of the molecule is Cc1cnc(N2CCN(C(=O)c3cnc(Br)cc3C)CC2)c(C)c1. The van der Waals surface area contributed by atoms with Crippen molar-refractivity contribution in [3.05, 3.63) is 51.4 Å². The van der Waals surface area contributed by atoms with E-state index in [0.717, 1.165) is 29.1 Å². The molecule has 0 aromatic carbocycles. The normalized spacial score (nSPS) is 14.8. The molecule has 6 heteroatoms. The number of halogens is 1. The third-order valence-corrected chi connectivity index (χ3v) is 4.80. The lowest BCUT2D eigenvalue weighted by atomic mass is 10.1. The van der Waals surface area contributed by atoms with Gasteiger partial charge in [-0.3, -0.25) is 4.79 Å². The van der Waals surface area contributed by atoms with Gasteiger partial charge in [0.25, 0.3) is 5.91 Å². The predicted molar refractivity (Wildman–Crippen MR) is 98.5 cm³/mol. The van der Waals surface area contributed by atoms with E-state index >= 15 is 0 Å². The Labute approximate surface area is 150 Å². The molecule has 1 fully saturated rings. The van der Waals surface area contributed by atoms with Gasteiger partial charge in [-0.15, -0.1) is 0 Å². The Morgan fingerprint density at radius 1 is 1.00 bits per heavy atom. The van der Waals surface area contributed by atoms with E-state index in [1.165, 1.54) is 11.1 Å². The molecule has 0 aliphatic carbocycles. The quantitative estimate of drug-likeness (QED) is 0.741. The summed E-state index contributed by atoms with van der Waals surface area (Å²) in [4.78, 5) is 25.6. The van der Waals surface area contributed by atoms with E-state index in [-0.39, 0.29) is 5.91 Å². The van der Waals surface area contributed by atoms with Crippen LogP contribution in [0.1, 0.15) is 27.0 Å². The second-order valence-corrected chi connectivity index (χ2v) is 7.07. The van der Waals surface area contributed by atoms with Gasteiger partial charge in [0.1, 0.15) is 10.4 Å². The first kappa shape index (κ1) is 16.9. The van der Waals surface area contributed by atoms with E-state index < -0.39 is 0 Å². The highest BCUT2D eigenvalue weighted by atomic mass is 79.9. The van der Waals surface area contributed by atoms with Crippen molar-refractivity contribution in [3.8, 4) is 0 Å². The summed E-state index contributed by atoms with van der Waals surface area (Å²) in [6.07, 6.45) is 3.55. The van der Waals surface area contributed by atoms with Crippen molar-refractivity contribution < 1.29 is 4.79 Å². The van der Waals surface area contributed by atoms with Crippen LogP contribution >= 0.6 is 15.9 Å². The maximum Gasteiger partial charge on any atom is 0.255 e. The Hall–Kier alpha value is -1.95. The monoisotopic (exact) mass is 388 g/mol. The lowest BCUT2D eigenvalue weighted by Gasteiger charge is -2.36. The van der Waals surface area contributed by atoms with Gasteiger partial charge >= 0.3 is 0 Å². The van der Waals surface area contributed by atoms with Crippen molar-refractivity contribution in [2.45, 2.75) is 20.8 Å². The maximum atomic E-state index is 12.7. The Morgan fingerprint density at radius 2 is 1.71 bits per heavy atom. The van der Waals surface area contributed by atoms with E-state index in [1.54, 1.807) is 6.20 Å². The second-order valence-electron chi connectivity index (χ2n) is 6.25. The topological polar surface area (TPSA) is 49.3 Å². The molecule has 3 heterocycles. The number of hydrogen-bond acceptors (Lipinski definition) is 4. The standard InChI is InChI=1S/C18H21BrN4O/c1-12-8-14(3)17(21-10-12)22-4-6-23(7-5-22)18(24)15-11-20-16(19)9-13(15)2/h8-11H,4-7H2,1-3H3. The Bertz CT molecular complexity index is 770. The van der Waals surface area contributed by atoms with Crippen molar-refractivity contribution in [3.63, 3.8) is 0 Å². The van der Waals surface area contributed by atoms with E-state index in [1.807, 2.05) is 24.1 Å². The molecule has 1 aliphatic heterocycles. The summed E-state index contributed by atoms with van der Waals surface area (Å²) in [5.74, 6) is 1.08. The van der Waals surface area contributed by atoms with Crippen LogP contribution in [0.4, 0.5) is 5.82 Å². The molecule has 0 spiro atoms. The van der Waals surface area contributed by atoms with Crippen molar-refractivity contribution in [2.75, 3.05) is 31.1 Å². The molecule has 3 rings (SSSR count). The minimum atomic E-state index is 0.0562. The molecule has 0 saturated carbocycles. The number of piperazine rings is 1. The highest BCUT2D eigenvalue weighted by molar-refractivity contribution is 9.10. The summed E-state index contributed by atoms with van der Waals surface area (Å²) < 4.78 is 0.752. The van der Waals surface area contributed by atoms with Gasteiger partial charge in [-0.1, -0.05) is 6.07 Å². The van der Waals surface area contributed by atoms with Crippen LogP contribution in [-0.4, -0.2) is 47.0 Å². The molecule has 1 amide bonds. The number of amides is 1. The minimum absolute atomic E-state index is 0.0562. The predicted octanol–water partition coefficient (Wildman–Crippen LogP) is 3.13. The van der Waals surface area contributed by atoms with Crippen LogP contribution in [0, 0.1) is 20.8 Å². The number of aryl methyl sites for hydroxylation is 3. The summed E-state index contributed by atoms with van der Waals surface area (Å²) in [5, 5.41) is 0. The molecule has 2 aromatic heterocycles. The number of rotatable bonds is 2. The number of aromatic nitrogens is 2. The van der Waals surface area contributed by atoms with Gasteiger partial charge in [0, 0.05) is 38.6 Å². The average Bonchev–Trinajstić information content (AvgIpc) is 2.54. The number of anilines is 1. The molecular weight excluding hydrogens is 368 g/mol. The fourth-order valence-electron chi connectivity index (χ4n) is 3.08. The van der Waals surface area contributed by atoms with Gasteiger partial charge in [0.15, 0.2) is 0 Å². The zero-order chi connectivity index (χ0) is 17.3. The molecule has 2 aromatic rings. The lowest BCUT2D eigenvalue weighted by molar-refractivity contribution is 0.0745. The zero-order valence-corrected chi connectivity index (χ0v) is 15.8. The summed E-state index contributed by atoms with van der Waals surface area (Å²) >= 11 is 3.34. The van der Waals surface area contributed by atoms with E-state index in [0.29, 0.717) is 18.7 Å². The van der Waals surface area contributed by atoms with Crippen LogP contribution in [0.3, 0.4) is 0 Å². The Morgan fingerprint density at radius 3 is 2.33 bits per heavy atom. The van der Waals surface area contributed by atoms with Crippen molar-refractivity contribution in [1.29, 1.82) is 0 Å². The molecule has 0 bridgehead atoms. The first-order valence-electron chi connectivity index (χ1n) is 8.05. The smallest absolute Gasteiger partial charge is 0.255 e. The van der Waals surface area contributed by atoms with E-state index in [9.17, 15) is 4.79 Å². The molecule has 0 unspecified atom stereocenters. The second kappa shape index (κ2) is 6.89. The number of nitrogens with zero attached hydrogens (tertiary/aromatic N) is 4. The number of carbonyl (C=O) groups is 1. The lowest BCUT2D eigenvalue weighted by Crippen LogP contribution is -2.49. The van der Waals surface area contributed by atoms with Crippen molar-refractivity contribution in [2.24, 2.45) is 0 Å². The van der Waals surface area contributed by atoms with Crippen molar-refractivity contribution >= 4 is 27.7 Å². The van der Waals surface area contributed by atoms with Gasteiger partial charge < -0.3 is 9.80 Å². The van der Waals surface area contributed by atoms with Gasteiger partial charge in [0.2, 0.25) is 0 Å². The number of hydrogen-bond donors (Lipinski definition) is 0. The highest BCUT2D eigenvalue weighted by Crippen LogP contribution is 2.21. The van der Waals surface area contributed by atoms with Gasteiger partial charge in [-0.25, -0.2) is 9.97 Å². The van der Waals surface area contributed by atoms with Crippen LogP contribution < -0.4 is 4.90 Å². The molecule has 0 N–H and O–H groups in total. The fourth-order valence-corrected chi connectivity index (χ4v) is 3.52. The first-order valence-corrected chi connectivity index (χ1v) is 8.84. The van der Waals surface area contributed by atoms with Crippen LogP contribution in [0.15, 0.2) is 29.1 Å². The number of pyridine rings is 2. The molecule has 1 saturated heterocycles. The third kappa shape index (κ3) is 3.43. The third-order valence-electron chi connectivity index (χ3n) is 4.36. The largest absolute Gasteiger partial charge is 0.353 e. The Kier molecular flexibility index (Phi) is 4.85. The summed E-state index contributed by atoms with van der Waals surface area (Å²) in [7, 11) is 0. The van der Waals surface area contributed by atoms with Crippen LogP contribution in [-0.2, 0) is 0 Å². The maximum absolute atomic E-state index is 12.7. The summed E-state index contributed by atoms with van der Waals surface area (Å²) in [5.41, 5.74) is 3.97. The molecule has 5 nitrogen and oxygen atoms in total. The van der Waals surface area contributed by atoms with Gasteiger partial charge in [0.05, 0.1) is 5.56 Å². The molecule has 126 valence electrons. The highest BCUT2D eigenvalue weighted by Gasteiger charge is 2.24. The van der Waals surface area contributed by atoms with Crippen LogP contribution in [0.5, 0.6) is 0 Å². The zero-order valence-electron chi connectivity index (χ0n) is 14.2. The fraction of sp³-hybridized carbons (Fsp3) is 0.389. The number of carbonyl (C=O) groups excluding carboxylic acids is 1. The molecule has 1 aliphatic rings. The van der Waals surface area contributed by atoms with Crippen LogP contribution in [0.2, 0.25) is 0 Å². The molecule has 24 heavy (non-hydrogen) atoms. The Balaban J connectivity index is 1.69. The summed E-state index contributed by atoms with van der Waals surface area (Å²) in [6.45, 7) is 9.07. The van der Waals surface area contributed by atoms with Gasteiger partial charge in [-0.2, -0.15) is 0 Å². The average molecular weight is 389 g/mol. The van der Waals surface area contributed by atoms with Crippen molar-refractivity contribution in [1.82, 2.24) is 14.9 Å². The molecular formula is C18H21BrN4O. The first-order chi connectivity index (χ1) is 11.5.